The van der Waals surface area contributed by atoms with E-state index in [9.17, 15) is 9.59 Å². The number of aryl methyl sites for hydroxylation is 1. The molecule has 170 valence electrons. The zero-order valence-corrected chi connectivity index (χ0v) is 18.8. The van der Waals surface area contributed by atoms with Crippen molar-refractivity contribution in [2.75, 3.05) is 5.32 Å². The minimum Gasteiger partial charge on any atom is -0.488 e. The van der Waals surface area contributed by atoms with E-state index in [1.54, 1.807) is 18.3 Å². The van der Waals surface area contributed by atoms with Gasteiger partial charge in [0.2, 0.25) is 11.8 Å². The standard InChI is InChI=1S/C28H25N3O3/c1-20-11-14-23(15-12-20)30-27(32)17-28(33)31-29-18-25-24-10-6-5-9-22(24)13-16-26(25)34-19-21-7-3-2-4-8-21/h2-16,18H,17,19H2,1H3,(H,30,32)(H,31,33). The number of ether oxygens (including phenoxy) is 1. The molecule has 0 unspecified atom stereocenters. The number of amides is 2. The van der Waals surface area contributed by atoms with E-state index in [1.165, 1.54) is 0 Å². The van der Waals surface area contributed by atoms with Crippen LogP contribution in [0.15, 0.2) is 96.1 Å². The first-order valence-corrected chi connectivity index (χ1v) is 11.0. The van der Waals surface area contributed by atoms with Crippen molar-refractivity contribution in [1.29, 1.82) is 0 Å². The number of rotatable bonds is 8. The lowest BCUT2D eigenvalue weighted by molar-refractivity contribution is -0.126. The van der Waals surface area contributed by atoms with Gasteiger partial charge in [-0.3, -0.25) is 9.59 Å². The molecule has 6 heteroatoms. The summed E-state index contributed by atoms with van der Waals surface area (Å²) >= 11 is 0. The van der Waals surface area contributed by atoms with E-state index in [-0.39, 0.29) is 6.42 Å². The highest BCUT2D eigenvalue weighted by molar-refractivity contribution is 6.05. The third-order valence-electron chi connectivity index (χ3n) is 5.21. The number of anilines is 1. The van der Waals surface area contributed by atoms with Crippen LogP contribution in [-0.2, 0) is 16.2 Å². The summed E-state index contributed by atoms with van der Waals surface area (Å²) in [5.41, 5.74) is 5.96. The molecule has 0 saturated carbocycles. The van der Waals surface area contributed by atoms with E-state index < -0.39 is 11.8 Å². The van der Waals surface area contributed by atoms with Crippen LogP contribution >= 0.6 is 0 Å². The van der Waals surface area contributed by atoms with Gasteiger partial charge in [-0.1, -0.05) is 78.4 Å². The van der Waals surface area contributed by atoms with Gasteiger partial charge in [-0.05, 0) is 41.5 Å². The minimum absolute atomic E-state index is 0.335. The first-order valence-electron chi connectivity index (χ1n) is 11.0. The van der Waals surface area contributed by atoms with E-state index in [1.807, 2.05) is 85.8 Å². The maximum absolute atomic E-state index is 12.2. The third kappa shape index (κ3) is 6.07. The Morgan fingerprint density at radius 2 is 1.59 bits per heavy atom. The molecule has 0 radical (unpaired) electrons. The van der Waals surface area contributed by atoms with Gasteiger partial charge in [-0.2, -0.15) is 5.10 Å². The lowest BCUT2D eigenvalue weighted by atomic mass is 10.0. The largest absolute Gasteiger partial charge is 0.488 e. The lowest BCUT2D eigenvalue weighted by Crippen LogP contribution is -2.24. The van der Waals surface area contributed by atoms with Crippen molar-refractivity contribution in [2.45, 2.75) is 20.0 Å². The van der Waals surface area contributed by atoms with Crippen LogP contribution in [0.5, 0.6) is 5.75 Å². The number of benzene rings is 4. The average Bonchev–Trinajstić information content (AvgIpc) is 2.85. The van der Waals surface area contributed by atoms with Crippen molar-refractivity contribution in [1.82, 2.24) is 5.43 Å². The van der Waals surface area contributed by atoms with E-state index in [4.69, 9.17) is 4.74 Å². The van der Waals surface area contributed by atoms with Gasteiger partial charge in [0.25, 0.3) is 0 Å². The van der Waals surface area contributed by atoms with Crippen LogP contribution in [0.2, 0.25) is 0 Å². The second-order valence-corrected chi connectivity index (χ2v) is 7.86. The number of carbonyl (C=O) groups excluding carboxylic acids is 2. The summed E-state index contributed by atoms with van der Waals surface area (Å²) in [6.07, 6.45) is 1.22. The summed E-state index contributed by atoms with van der Waals surface area (Å²) < 4.78 is 6.06. The maximum Gasteiger partial charge on any atom is 0.249 e. The van der Waals surface area contributed by atoms with Crippen molar-refractivity contribution in [2.24, 2.45) is 5.10 Å². The molecule has 34 heavy (non-hydrogen) atoms. The Hall–Kier alpha value is -4.45. The fraction of sp³-hybridized carbons (Fsp3) is 0.107. The zero-order chi connectivity index (χ0) is 23.8. The van der Waals surface area contributed by atoms with Crippen LogP contribution in [-0.4, -0.2) is 18.0 Å². The second-order valence-electron chi connectivity index (χ2n) is 7.86. The Bertz CT molecular complexity index is 1320. The Morgan fingerprint density at radius 1 is 0.853 bits per heavy atom. The molecule has 4 rings (SSSR count). The molecule has 0 heterocycles. The monoisotopic (exact) mass is 451 g/mol. The summed E-state index contributed by atoms with van der Waals surface area (Å²) in [5, 5.41) is 8.77. The minimum atomic E-state index is -0.507. The van der Waals surface area contributed by atoms with Crippen molar-refractivity contribution in [3.8, 4) is 5.75 Å². The highest BCUT2D eigenvalue weighted by atomic mass is 16.5. The molecule has 4 aromatic carbocycles. The zero-order valence-electron chi connectivity index (χ0n) is 18.8. The van der Waals surface area contributed by atoms with E-state index in [2.05, 4.69) is 15.8 Å². The van der Waals surface area contributed by atoms with Gasteiger partial charge in [0.1, 0.15) is 18.8 Å². The van der Waals surface area contributed by atoms with Crippen molar-refractivity contribution < 1.29 is 14.3 Å². The Kier molecular flexibility index (Phi) is 7.30. The van der Waals surface area contributed by atoms with Crippen LogP contribution in [0.1, 0.15) is 23.1 Å². The number of nitrogens with zero attached hydrogens (tertiary/aromatic N) is 1. The fourth-order valence-corrected chi connectivity index (χ4v) is 3.47. The summed E-state index contributed by atoms with van der Waals surface area (Å²) in [5.74, 6) is -0.265. The number of nitrogens with one attached hydrogen (secondary N) is 2. The van der Waals surface area contributed by atoms with Crippen molar-refractivity contribution in [3.05, 3.63) is 108 Å². The average molecular weight is 452 g/mol. The number of carbonyl (C=O) groups is 2. The molecule has 0 aliphatic carbocycles. The topological polar surface area (TPSA) is 79.8 Å². The van der Waals surface area contributed by atoms with Crippen LogP contribution in [0, 0.1) is 6.92 Å². The van der Waals surface area contributed by atoms with Gasteiger partial charge in [-0.25, -0.2) is 5.43 Å². The van der Waals surface area contributed by atoms with Gasteiger partial charge in [0.05, 0.1) is 6.21 Å². The molecule has 4 aromatic rings. The molecule has 6 nitrogen and oxygen atoms in total. The Morgan fingerprint density at radius 3 is 2.38 bits per heavy atom. The number of hydrogen-bond acceptors (Lipinski definition) is 4. The second kappa shape index (κ2) is 10.9. The maximum atomic E-state index is 12.2. The molecule has 0 spiro atoms. The van der Waals surface area contributed by atoms with Crippen molar-refractivity contribution in [3.63, 3.8) is 0 Å². The summed E-state index contributed by atoms with van der Waals surface area (Å²) in [7, 11) is 0. The van der Waals surface area contributed by atoms with Gasteiger partial charge in [0, 0.05) is 11.3 Å². The van der Waals surface area contributed by atoms with Crippen LogP contribution in [0.3, 0.4) is 0 Å². The molecule has 0 aliphatic rings. The molecule has 0 aromatic heterocycles. The SMILES string of the molecule is Cc1ccc(NC(=O)CC(=O)NN=Cc2c(OCc3ccccc3)ccc3ccccc23)cc1. The molecular weight excluding hydrogens is 426 g/mol. The molecule has 0 bridgehead atoms. The molecular formula is C28H25N3O3. The number of fused-ring (bicyclic) bond motifs is 1. The van der Waals surface area contributed by atoms with Crippen LogP contribution in [0.4, 0.5) is 5.69 Å². The number of hydrogen-bond donors (Lipinski definition) is 2. The highest BCUT2D eigenvalue weighted by Gasteiger charge is 2.10. The third-order valence-corrected chi connectivity index (χ3v) is 5.21. The Balaban J connectivity index is 1.43. The predicted molar refractivity (Wildman–Crippen MR) is 135 cm³/mol. The Labute approximate surface area is 198 Å². The van der Waals surface area contributed by atoms with Crippen LogP contribution < -0.4 is 15.5 Å². The van der Waals surface area contributed by atoms with Gasteiger partial charge >= 0.3 is 0 Å². The van der Waals surface area contributed by atoms with E-state index in [0.717, 1.165) is 27.5 Å². The molecule has 2 N–H and O–H groups in total. The van der Waals surface area contributed by atoms with Crippen molar-refractivity contribution >= 4 is 34.5 Å². The molecule has 0 saturated heterocycles. The molecule has 0 aliphatic heterocycles. The fourth-order valence-electron chi connectivity index (χ4n) is 3.47. The number of hydrazone groups is 1. The first-order chi connectivity index (χ1) is 16.6. The molecule has 0 fully saturated rings. The first kappa shape index (κ1) is 22.7. The normalized spacial score (nSPS) is 10.9. The quantitative estimate of drug-likeness (QED) is 0.219. The lowest BCUT2D eigenvalue weighted by Gasteiger charge is -2.12. The van der Waals surface area contributed by atoms with E-state index >= 15 is 0 Å². The summed E-state index contributed by atoms with van der Waals surface area (Å²) in [6.45, 7) is 2.37. The molecule has 2 amide bonds. The van der Waals surface area contributed by atoms with Crippen LogP contribution in [0.25, 0.3) is 10.8 Å². The summed E-state index contributed by atoms with van der Waals surface area (Å²) in [6, 6.07) is 29.0. The van der Waals surface area contributed by atoms with Gasteiger partial charge in [-0.15, -0.1) is 0 Å². The smallest absolute Gasteiger partial charge is 0.249 e. The predicted octanol–water partition coefficient (Wildman–Crippen LogP) is 5.21. The van der Waals surface area contributed by atoms with Gasteiger partial charge in [0.15, 0.2) is 0 Å². The van der Waals surface area contributed by atoms with E-state index in [0.29, 0.717) is 18.0 Å². The summed E-state index contributed by atoms with van der Waals surface area (Å²) in [4.78, 5) is 24.4. The highest BCUT2D eigenvalue weighted by Crippen LogP contribution is 2.27. The molecule has 0 atom stereocenters. The van der Waals surface area contributed by atoms with Gasteiger partial charge < -0.3 is 10.1 Å².